The van der Waals surface area contributed by atoms with Crippen molar-refractivity contribution in [1.29, 1.82) is 0 Å². The van der Waals surface area contributed by atoms with E-state index in [2.05, 4.69) is 52.3 Å². The van der Waals surface area contributed by atoms with Gasteiger partial charge in [-0.15, -0.1) is 0 Å². The summed E-state index contributed by atoms with van der Waals surface area (Å²) in [5.74, 6) is 1.68. The first kappa shape index (κ1) is 15.2. The predicted octanol–water partition coefficient (Wildman–Crippen LogP) is 4.02. The molecule has 3 aliphatic rings. The standard InChI is InChI=1S/C20H21N3OS/c21-20-22-19-16(2-1-3-18(19)25-20)13-4-6-15(7-5-13)24-17-12-23-10-8-14(17)9-11-23/h1-7,14,17H,8-12H2,(H2,21,22)/t17-/m0/s1. The Kier molecular flexibility index (Phi) is 3.64. The molecular formula is C20H21N3OS. The molecule has 0 amide bonds. The molecule has 25 heavy (non-hydrogen) atoms. The molecular weight excluding hydrogens is 330 g/mol. The fourth-order valence-electron chi connectivity index (χ4n) is 4.13. The summed E-state index contributed by atoms with van der Waals surface area (Å²) in [6, 6.07) is 14.7. The van der Waals surface area contributed by atoms with E-state index < -0.39 is 0 Å². The largest absolute Gasteiger partial charge is 0.489 e. The highest BCUT2D eigenvalue weighted by Gasteiger charge is 2.35. The van der Waals surface area contributed by atoms with Crippen molar-refractivity contribution in [1.82, 2.24) is 9.88 Å². The van der Waals surface area contributed by atoms with E-state index >= 15 is 0 Å². The number of nitrogen functional groups attached to an aromatic ring is 1. The van der Waals surface area contributed by atoms with Crippen molar-refractivity contribution in [2.24, 2.45) is 5.92 Å². The van der Waals surface area contributed by atoms with Gasteiger partial charge in [0.15, 0.2) is 5.13 Å². The molecule has 0 saturated carbocycles. The summed E-state index contributed by atoms with van der Waals surface area (Å²) in [6.07, 6.45) is 2.89. The van der Waals surface area contributed by atoms with Gasteiger partial charge >= 0.3 is 0 Å². The van der Waals surface area contributed by atoms with E-state index in [0.29, 0.717) is 11.2 Å². The lowest BCUT2D eigenvalue weighted by Crippen LogP contribution is -2.52. The normalized spacial score (nSPS) is 25.4. The number of aromatic nitrogens is 1. The number of para-hydroxylation sites is 1. The Morgan fingerprint density at radius 3 is 2.60 bits per heavy atom. The number of fused-ring (bicyclic) bond motifs is 4. The molecule has 0 spiro atoms. The molecule has 3 fully saturated rings. The molecule has 2 bridgehead atoms. The summed E-state index contributed by atoms with van der Waals surface area (Å²) in [4.78, 5) is 7.01. The summed E-state index contributed by atoms with van der Waals surface area (Å²) in [5, 5.41) is 0.616. The summed E-state index contributed by atoms with van der Waals surface area (Å²) in [7, 11) is 0. The lowest BCUT2D eigenvalue weighted by atomic mass is 9.86. The number of ether oxygens (including phenoxy) is 1. The second-order valence-corrected chi connectivity index (χ2v) is 8.09. The number of nitrogens with two attached hydrogens (primary N) is 1. The van der Waals surface area contributed by atoms with Crippen LogP contribution < -0.4 is 10.5 Å². The van der Waals surface area contributed by atoms with Gasteiger partial charge in [-0.2, -0.15) is 0 Å². The predicted molar refractivity (Wildman–Crippen MR) is 103 cm³/mol. The number of thiazole rings is 1. The number of benzene rings is 2. The van der Waals surface area contributed by atoms with E-state index in [4.69, 9.17) is 10.5 Å². The topological polar surface area (TPSA) is 51.4 Å². The van der Waals surface area contributed by atoms with Gasteiger partial charge in [0.25, 0.3) is 0 Å². The van der Waals surface area contributed by atoms with Crippen LogP contribution in [0.2, 0.25) is 0 Å². The van der Waals surface area contributed by atoms with Gasteiger partial charge in [-0.05, 0) is 55.6 Å². The average Bonchev–Trinajstić information content (AvgIpc) is 3.04. The minimum absolute atomic E-state index is 0.343. The van der Waals surface area contributed by atoms with Crippen molar-refractivity contribution in [2.75, 3.05) is 25.4 Å². The van der Waals surface area contributed by atoms with E-state index in [1.807, 2.05) is 0 Å². The third-order valence-corrected chi connectivity index (χ3v) is 6.33. The van der Waals surface area contributed by atoms with Crippen LogP contribution in [0.25, 0.3) is 21.3 Å². The lowest BCUT2D eigenvalue weighted by Gasteiger charge is -2.44. The molecule has 5 heteroatoms. The van der Waals surface area contributed by atoms with E-state index in [0.717, 1.165) is 39.6 Å². The van der Waals surface area contributed by atoms with Crippen LogP contribution >= 0.6 is 11.3 Å². The molecule has 0 aliphatic carbocycles. The van der Waals surface area contributed by atoms with Gasteiger partial charge in [-0.25, -0.2) is 4.98 Å². The van der Waals surface area contributed by atoms with Crippen molar-refractivity contribution in [3.8, 4) is 16.9 Å². The Labute approximate surface area is 151 Å². The van der Waals surface area contributed by atoms with Gasteiger partial charge in [0.05, 0.1) is 10.2 Å². The third-order valence-electron chi connectivity index (χ3n) is 5.48. The van der Waals surface area contributed by atoms with Crippen LogP contribution in [0.5, 0.6) is 5.75 Å². The van der Waals surface area contributed by atoms with E-state index in [-0.39, 0.29) is 0 Å². The van der Waals surface area contributed by atoms with Gasteiger partial charge in [-0.3, -0.25) is 4.90 Å². The van der Waals surface area contributed by atoms with Crippen molar-refractivity contribution in [3.05, 3.63) is 42.5 Å². The van der Waals surface area contributed by atoms with Crippen LogP contribution in [-0.4, -0.2) is 35.6 Å². The molecule has 128 valence electrons. The SMILES string of the molecule is Nc1nc2c(-c3ccc(O[C@H]4CN5CCC4CC5)cc3)cccc2s1. The molecule has 3 aliphatic heterocycles. The van der Waals surface area contributed by atoms with Gasteiger partial charge in [0, 0.05) is 12.1 Å². The van der Waals surface area contributed by atoms with E-state index in [1.165, 1.54) is 37.3 Å². The summed E-state index contributed by atoms with van der Waals surface area (Å²) < 4.78 is 7.42. The maximum absolute atomic E-state index is 6.30. The minimum Gasteiger partial charge on any atom is -0.489 e. The Morgan fingerprint density at radius 1 is 1.08 bits per heavy atom. The molecule has 3 aromatic rings. The van der Waals surface area contributed by atoms with E-state index in [9.17, 15) is 0 Å². The van der Waals surface area contributed by atoms with Crippen LogP contribution in [0, 0.1) is 5.92 Å². The molecule has 3 saturated heterocycles. The Morgan fingerprint density at radius 2 is 1.88 bits per heavy atom. The smallest absolute Gasteiger partial charge is 0.181 e. The van der Waals surface area contributed by atoms with Crippen LogP contribution in [0.1, 0.15) is 12.8 Å². The molecule has 0 unspecified atom stereocenters. The van der Waals surface area contributed by atoms with Crippen LogP contribution in [0.15, 0.2) is 42.5 Å². The Bertz CT molecular complexity index is 897. The maximum Gasteiger partial charge on any atom is 0.181 e. The van der Waals surface area contributed by atoms with Crippen molar-refractivity contribution >= 4 is 26.7 Å². The summed E-state index contributed by atoms with van der Waals surface area (Å²) in [6.45, 7) is 3.55. The van der Waals surface area contributed by atoms with Crippen molar-refractivity contribution < 1.29 is 4.74 Å². The molecule has 1 aromatic heterocycles. The van der Waals surface area contributed by atoms with Crippen molar-refractivity contribution in [3.63, 3.8) is 0 Å². The van der Waals surface area contributed by atoms with Gasteiger partial charge < -0.3 is 10.5 Å². The second kappa shape index (κ2) is 6.00. The maximum atomic E-state index is 6.30. The zero-order chi connectivity index (χ0) is 16.8. The highest BCUT2D eigenvalue weighted by atomic mass is 32.1. The molecule has 2 aromatic carbocycles. The van der Waals surface area contributed by atoms with Crippen LogP contribution in [-0.2, 0) is 0 Å². The molecule has 4 heterocycles. The minimum atomic E-state index is 0.343. The monoisotopic (exact) mass is 351 g/mol. The number of nitrogens with zero attached hydrogens (tertiary/aromatic N) is 2. The number of hydrogen-bond donors (Lipinski definition) is 1. The average molecular weight is 351 g/mol. The number of hydrogen-bond acceptors (Lipinski definition) is 5. The van der Waals surface area contributed by atoms with Gasteiger partial charge in [0.1, 0.15) is 11.9 Å². The summed E-state index contributed by atoms with van der Waals surface area (Å²) >= 11 is 1.53. The highest BCUT2D eigenvalue weighted by Crippen LogP contribution is 2.34. The van der Waals surface area contributed by atoms with Crippen LogP contribution in [0.4, 0.5) is 5.13 Å². The first-order valence-electron chi connectivity index (χ1n) is 8.91. The van der Waals surface area contributed by atoms with Crippen molar-refractivity contribution in [2.45, 2.75) is 18.9 Å². The lowest BCUT2D eigenvalue weighted by molar-refractivity contribution is -0.00775. The zero-order valence-corrected chi connectivity index (χ0v) is 14.8. The molecule has 4 nitrogen and oxygen atoms in total. The Balaban J connectivity index is 1.39. The molecule has 0 radical (unpaired) electrons. The first-order valence-corrected chi connectivity index (χ1v) is 9.72. The second-order valence-electron chi connectivity index (χ2n) is 7.02. The summed E-state index contributed by atoms with van der Waals surface area (Å²) in [5.41, 5.74) is 9.14. The highest BCUT2D eigenvalue weighted by molar-refractivity contribution is 7.22. The number of piperidine rings is 3. The van der Waals surface area contributed by atoms with Crippen LogP contribution in [0.3, 0.4) is 0 Å². The fraction of sp³-hybridized carbons (Fsp3) is 0.350. The Hall–Kier alpha value is -2.11. The molecule has 1 atom stereocenters. The first-order chi connectivity index (χ1) is 12.3. The molecule has 2 N–H and O–H groups in total. The quantitative estimate of drug-likeness (QED) is 0.774. The van der Waals surface area contributed by atoms with Gasteiger partial charge in [-0.1, -0.05) is 35.6 Å². The third kappa shape index (κ3) is 2.77. The number of rotatable bonds is 3. The zero-order valence-electron chi connectivity index (χ0n) is 14.0. The number of anilines is 1. The van der Waals surface area contributed by atoms with Gasteiger partial charge in [0.2, 0.25) is 0 Å². The molecule has 6 rings (SSSR count). The fourth-order valence-corrected chi connectivity index (χ4v) is 4.89. The van der Waals surface area contributed by atoms with E-state index in [1.54, 1.807) is 0 Å².